The van der Waals surface area contributed by atoms with Crippen molar-refractivity contribution in [1.29, 1.82) is 0 Å². The van der Waals surface area contributed by atoms with Gasteiger partial charge in [-0.3, -0.25) is 4.79 Å². The van der Waals surface area contributed by atoms with Gasteiger partial charge in [-0.1, -0.05) is 29.8 Å². The highest BCUT2D eigenvalue weighted by Gasteiger charge is 2.19. The van der Waals surface area contributed by atoms with Gasteiger partial charge in [0.05, 0.1) is 27.4 Å². The summed E-state index contributed by atoms with van der Waals surface area (Å²) < 4.78 is 1.73. The smallest absolute Gasteiger partial charge is 0.254 e. The number of para-hydroxylation sites is 1. The number of nitrogens with zero attached hydrogens (tertiary/aromatic N) is 3. The van der Waals surface area contributed by atoms with Crippen LogP contribution in [0, 0.1) is 6.92 Å². The van der Waals surface area contributed by atoms with E-state index in [0.717, 1.165) is 11.4 Å². The van der Waals surface area contributed by atoms with Gasteiger partial charge in [0.25, 0.3) is 5.91 Å². The van der Waals surface area contributed by atoms with Gasteiger partial charge in [0.2, 0.25) is 0 Å². The van der Waals surface area contributed by atoms with E-state index in [0.29, 0.717) is 21.6 Å². The van der Waals surface area contributed by atoms with Crippen LogP contribution in [0.15, 0.2) is 36.5 Å². The van der Waals surface area contributed by atoms with E-state index in [2.05, 4.69) is 15.4 Å². The van der Waals surface area contributed by atoms with Crippen molar-refractivity contribution in [3.63, 3.8) is 0 Å². The van der Waals surface area contributed by atoms with Crippen molar-refractivity contribution in [2.75, 3.05) is 7.05 Å². The maximum Gasteiger partial charge on any atom is 0.254 e. The van der Waals surface area contributed by atoms with E-state index >= 15 is 0 Å². The molecule has 0 atom stereocenters. The zero-order chi connectivity index (χ0) is 15.0. The van der Waals surface area contributed by atoms with Gasteiger partial charge in [-0.15, -0.1) is 0 Å². The van der Waals surface area contributed by atoms with Crippen LogP contribution in [0.3, 0.4) is 0 Å². The molecule has 5 nitrogen and oxygen atoms in total. The summed E-state index contributed by atoms with van der Waals surface area (Å²) in [6.07, 6.45) is 1.48. The van der Waals surface area contributed by atoms with Crippen LogP contribution in [-0.2, 0) is 0 Å². The minimum atomic E-state index is -0.263. The molecule has 0 bridgehead atoms. The summed E-state index contributed by atoms with van der Waals surface area (Å²) in [7, 11) is 1.56. The summed E-state index contributed by atoms with van der Waals surface area (Å²) >= 11 is 6.37. The number of carbonyl (C=O) groups is 1. The molecule has 1 N–H and O–H groups in total. The lowest BCUT2D eigenvalue weighted by molar-refractivity contribution is 0.0963. The number of rotatable bonds is 2. The molecule has 3 aromatic rings. The van der Waals surface area contributed by atoms with Gasteiger partial charge in [-0.05, 0) is 19.1 Å². The fourth-order valence-electron chi connectivity index (χ4n) is 2.25. The third-order valence-corrected chi connectivity index (χ3v) is 3.67. The van der Waals surface area contributed by atoms with Gasteiger partial charge < -0.3 is 5.32 Å². The van der Waals surface area contributed by atoms with E-state index in [1.54, 1.807) is 11.7 Å². The predicted octanol–water partition coefficient (Wildman–Crippen LogP) is 2.74. The highest BCUT2D eigenvalue weighted by molar-refractivity contribution is 6.38. The lowest BCUT2D eigenvalue weighted by Gasteiger charge is -2.05. The number of fused-ring (bicyclic) bond motifs is 1. The number of benzene rings is 1. The quantitative estimate of drug-likeness (QED) is 0.791. The highest BCUT2D eigenvalue weighted by atomic mass is 35.5. The molecule has 0 radical (unpaired) electrons. The lowest BCUT2D eigenvalue weighted by atomic mass is 10.2. The van der Waals surface area contributed by atoms with Crippen LogP contribution in [0.5, 0.6) is 0 Å². The number of aromatic nitrogens is 3. The topological polar surface area (TPSA) is 59.8 Å². The van der Waals surface area contributed by atoms with Gasteiger partial charge in [0, 0.05) is 13.2 Å². The molecule has 1 aromatic carbocycles. The van der Waals surface area contributed by atoms with Crippen LogP contribution in [0.25, 0.3) is 16.7 Å². The second-order valence-corrected chi connectivity index (χ2v) is 4.97. The standard InChI is InChI=1S/C15H13ClN4O/c1-9-12-13(16)11(15(21)17-2)8-18-14(12)20(19-9)10-6-4-3-5-7-10/h3-8H,1-2H3,(H,17,21). The van der Waals surface area contributed by atoms with Gasteiger partial charge in [0.1, 0.15) is 0 Å². The second-order valence-electron chi connectivity index (χ2n) is 4.60. The fraction of sp³-hybridized carbons (Fsp3) is 0.133. The Morgan fingerprint density at radius 1 is 1.29 bits per heavy atom. The average Bonchev–Trinajstić information content (AvgIpc) is 2.85. The molecule has 0 spiro atoms. The molecule has 106 valence electrons. The highest BCUT2D eigenvalue weighted by Crippen LogP contribution is 2.29. The molecular formula is C15H13ClN4O. The molecule has 2 aromatic heterocycles. The van der Waals surface area contributed by atoms with Gasteiger partial charge in [-0.2, -0.15) is 5.10 Å². The molecule has 1 amide bonds. The van der Waals surface area contributed by atoms with Crippen LogP contribution in [0.1, 0.15) is 16.1 Å². The number of nitrogens with one attached hydrogen (secondary N) is 1. The number of hydrogen-bond acceptors (Lipinski definition) is 3. The minimum Gasteiger partial charge on any atom is -0.355 e. The van der Waals surface area contributed by atoms with Gasteiger partial charge in [-0.25, -0.2) is 9.67 Å². The summed E-state index contributed by atoms with van der Waals surface area (Å²) in [4.78, 5) is 16.2. The predicted molar refractivity (Wildman–Crippen MR) is 82.0 cm³/mol. The normalized spacial score (nSPS) is 10.8. The Labute approximate surface area is 126 Å². The first kappa shape index (κ1) is 13.6. The number of aryl methyl sites for hydroxylation is 1. The third-order valence-electron chi connectivity index (χ3n) is 3.28. The number of halogens is 1. The SMILES string of the molecule is CNC(=O)c1cnc2c(c(C)nn2-c2ccccc2)c1Cl. The van der Waals surface area contributed by atoms with Gasteiger partial charge in [0.15, 0.2) is 5.65 Å². The average molecular weight is 301 g/mol. The van der Waals surface area contributed by atoms with Crippen LogP contribution in [0.4, 0.5) is 0 Å². The van der Waals surface area contributed by atoms with E-state index < -0.39 is 0 Å². The van der Waals surface area contributed by atoms with Crippen molar-refractivity contribution in [1.82, 2.24) is 20.1 Å². The molecular weight excluding hydrogens is 288 g/mol. The number of pyridine rings is 1. The summed E-state index contributed by atoms with van der Waals surface area (Å²) in [5, 5.41) is 8.11. The monoisotopic (exact) mass is 300 g/mol. The van der Waals surface area contributed by atoms with Crippen LogP contribution < -0.4 is 5.32 Å². The molecule has 6 heteroatoms. The number of carbonyl (C=O) groups excluding carboxylic acids is 1. The first-order valence-electron chi connectivity index (χ1n) is 6.45. The number of amides is 1. The van der Waals surface area contributed by atoms with E-state index in [4.69, 9.17) is 11.6 Å². The van der Waals surface area contributed by atoms with Crippen LogP contribution >= 0.6 is 11.6 Å². The molecule has 0 aliphatic carbocycles. The molecule has 2 heterocycles. The Bertz CT molecular complexity index is 827. The maximum absolute atomic E-state index is 11.8. The van der Waals surface area contributed by atoms with E-state index in [1.807, 2.05) is 37.3 Å². The van der Waals surface area contributed by atoms with Gasteiger partial charge >= 0.3 is 0 Å². The van der Waals surface area contributed by atoms with Crippen LogP contribution in [0.2, 0.25) is 5.02 Å². The first-order valence-corrected chi connectivity index (χ1v) is 6.82. The summed E-state index contributed by atoms with van der Waals surface area (Å²) in [6, 6.07) is 9.67. The maximum atomic E-state index is 11.8. The summed E-state index contributed by atoms with van der Waals surface area (Å²) in [5.74, 6) is -0.263. The largest absolute Gasteiger partial charge is 0.355 e. The molecule has 3 rings (SSSR count). The third kappa shape index (κ3) is 2.15. The molecule has 0 saturated heterocycles. The van der Waals surface area contributed by atoms with E-state index in [1.165, 1.54) is 6.20 Å². The first-order chi connectivity index (χ1) is 10.1. The van der Waals surface area contributed by atoms with Crippen molar-refractivity contribution in [3.05, 3.63) is 52.8 Å². The Morgan fingerprint density at radius 3 is 2.67 bits per heavy atom. The Hall–Kier alpha value is -2.40. The van der Waals surface area contributed by atoms with Crippen molar-refractivity contribution in [2.24, 2.45) is 0 Å². The molecule has 0 aliphatic heterocycles. The van der Waals surface area contributed by atoms with Crippen molar-refractivity contribution in [3.8, 4) is 5.69 Å². The zero-order valence-electron chi connectivity index (χ0n) is 11.6. The van der Waals surface area contributed by atoms with Crippen molar-refractivity contribution in [2.45, 2.75) is 6.92 Å². The Kier molecular flexibility index (Phi) is 3.35. The number of hydrogen-bond donors (Lipinski definition) is 1. The molecule has 0 fully saturated rings. The molecule has 21 heavy (non-hydrogen) atoms. The van der Waals surface area contributed by atoms with Crippen LogP contribution in [-0.4, -0.2) is 27.7 Å². The van der Waals surface area contributed by atoms with E-state index in [-0.39, 0.29) is 5.91 Å². The summed E-state index contributed by atoms with van der Waals surface area (Å²) in [6.45, 7) is 1.85. The zero-order valence-corrected chi connectivity index (χ0v) is 12.3. The molecule has 0 unspecified atom stereocenters. The lowest BCUT2D eigenvalue weighted by Crippen LogP contribution is -2.18. The second kappa shape index (κ2) is 5.18. The molecule has 0 aliphatic rings. The minimum absolute atomic E-state index is 0.263. The Balaban J connectivity index is 2.28. The van der Waals surface area contributed by atoms with E-state index in [9.17, 15) is 4.79 Å². The Morgan fingerprint density at radius 2 is 2.00 bits per heavy atom. The van der Waals surface area contributed by atoms with Crippen molar-refractivity contribution < 1.29 is 4.79 Å². The van der Waals surface area contributed by atoms with Crippen molar-refractivity contribution >= 4 is 28.5 Å². The fourth-order valence-corrected chi connectivity index (χ4v) is 2.61. The molecule has 0 saturated carbocycles. The summed E-state index contributed by atoms with van der Waals surface area (Å²) in [5.41, 5.74) is 2.61.